The van der Waals surface area contributed by atoms with E-state index in [4.69, 9.17) is 0 Å². The largest absolute Gasteiger partial charge is 0.264 e. The fourth-order valence-electron chi connectivity index (χ4n) is 1.53. The monoisotopic (exact) mass is 283 g/mol. The number of aromatic nitrogens is 1. The predicted molar refractivity (Wildman–Crippen MR) is 63.8 cm³/mol. The minimum Gasteiger partial charge on any atom is -0.264 e. The van der Waals surface area contributed by atoms with Gasteiger partial charge in [-0.2, -0.15) is 0 Å². The van der Waals surface area contributed by atoms with Gasteiger partial charge in [-0.1, -0.05) is 13.0 Å². The standard InChI is InChI=1S/C11H10IN/c1-2-8-3-4-11(12)10-7-13-6-5-9(8)10/h3-7H,2H2,1H3. The van der Waals surface area contributed by atoms with Gasteiger partial charge in [0.2, 0.25) is 0 Å². The van der Waals surface area contributed by atoms with Gasteiger partial charge in [-0.05, 0) is 52.1 Å². The SMILES string of the molecule is CCc1ccc(I)c2cnccc12. The number of benzene rings is 1. The molecule has 1 heterocycles. The molecular formula is C11H10IN. The van der Waals surface area contributed by atoms with Crippen LogP contribution in [0.3, 0.4) is 0 Å². The molecule has 0 saturated carbocycles. The van der Waals surface area contributed by atoms with E-state index in [9.17, 15) is 0 Å². The van der Waals surface area contributed by atoms with Gasteiger partial charge < -0.3 is 0 Å². The highest BCUT2D eigenvalue weighted by Crippen LogP contribution is 2.23. The number of rotatable bonds is 1. The van der Waals surface area contributed by atoms with E-state index in [0.717, 1.165) is 6.42 Å². The summed E-state index contributed by atoms with van der Waals surface area (Å²) in [7, 11) is 0. The topological polar surface area (TPSA) is 12.9 Å². The Kier molecular flexibility index (Phi) is 2.49. The van der Waals surface area contributed by atoms with Gasteiger partial charge in [0.05, 0.1) is 0 Å². The van der Waals surface area contributed by atoms with Crippen LogP contribution in [0.2, 0.25) is 0 Å². The van der Waals surface area contributed by atoms with Crippen LogP contribution < -0.4 is 0 Å². The molecule has 0 amide bonds. The van der Waals surface area contributed by atoms with Crippen molar-refractivity contribution in [2.24, 2.45) is 0 Å². The van der Waals surface area contributed by atoms with Gasteiger partial charge >= 0.3 is 0 Å². The normalized spacial score (nSPS) is 10.6. The summed E-state index contributed by atoms with van der Waals surface area (Å²) < 4.78 is 1.28. The van der Waals surface area contributed by atoms with Crippen LogP contribution in [0.15, 0.2) is 30.6 Å². The van der Waals surface area contributed by atoms with E-state index in [1.807, 2.05) is 12.4 Å². The molecule has 0 aliphatic rings. The lowest BCUT2D eigenvalue weighted by atomic mass is 10.1. The first-order valence-corrected chi connectivity index (χ1v) is 5.42. The van der Waals surface area contributed by atoms with Crippen LogP contribution >= 0.6 is 22.6 Å². The molecule has 2 aromatic rings. The molecule has 0 atom stereocenters. The smallest absolute Gasteiger partial charge is 0.0357 e. The molecule has 0 bridgehead atoms. The van der Waals surface area contributed by atoms with Crippen molar-refractivity contribution in [2.45, 2.75) is 13.3 Å². The van der Waals surface area contributed by atoms with Gasteiger partial charge in [0, 0.05) is 21.4 Å². The second kappa shape index (κ2) is 3.62. The zero-order valence-electron chi connectivity index (χ0n) is 7.42. The maximum Gasteiger partial charge on any atom is 0.0357 e. The van der Waals surface area contributed by atoms with E-state index in [2.05, 4.69) is 52.7 Å². The molecule has 0 radical (unpaired) electrons. The molecule has 0 spiro atoms. The number of nitrogens with zero attached hydrogens (tertiary/aromatic N) is 1. The molecule has 1 aromatic heterocycles. The van der Waals surface area contributed by atoms with E-state index < -0.39 is 0 Å². The molecule has 13 heavy (non-hydrogen) atoms. The van der Waals surface area contributed by atoms with Crippen LogP contribution in [0.4, 0.5) is 0 Å². The summed E-state index contributed by atoms with van der Waals surface area (Å²) in [4.78, 5) is 4.14. The molecule has 2 rings (SSSR count). The quantitative estimate of drug-likeness (QED) is 0.731. The van der Waals surface area contributed by atoms with E-state index in [-0.39, 0.29) is 0 Å². The van der Waals surface area contributed by atoms with Crippen LogP contribution in [-0.4, -0.2) is 4.98 Å². The van der Waals surface area contributed by atoms with Gasteiger partial charge in [0.1, 0.15) is 0 Å². The summed E-state index contributed by atoms with van der Waals surface area (Å²) in [6.07, 6.45) is 4.88. The highest BCUT2D eigenvalue weighted by atomic mass is 127. The minimum absolute atomic E-state index is 1.08. The third-order valence-electron chi connectivity index (χ3n) is 2.24. The molecule has 0 N–H and O–H groups in total. The Labute approximate surface area is 91.3 Å². The molecule has 0 aliphatic heterocycles. The first kappa shape index (κ1) is 8.94. The number of pyridine rings is 1. The summed E-state index contributed by atoms with van der Waals surface area (Å²) in [5.41, 5.74) is 1.40. The lowest BCUT2D eigenvalue weighted by Crippen LogP contribution is -1.86. The molecule has 2 heteroatoms. The summed E-state index contributed by atoms with van der Waals surface area (Å²) in [6, 6.07) is 6.45. The van der Waals surface area contributed by atoms with Crippen molar-refractivity contribution >= 4 is 33.4 Å². The number of halogens is 1. The van der Waals surface area contributed by atoms with Crippen molar-refractivity contribution in [3.05, 3.63) is 39.7 Å². The fraction of sp³-hybridized carbons (Fsp3) is 0.182. The zero-order chi connectivity index (χ0) is 9.26. The zero-order valence-corrected chi connectivity index (χ0v) is 9.58. The predicted octanol–water partition coefficient (Wildman–Crippen LogP) is 3.40. The lowest BCUT2D eigenvalue weighted by Gasteiger charge is -2.04. The summed E-state index contributed by atoms with van der Waals surface area (Å²) >= 11 is 2.35. The first-order chi connectivity index (χ1) is 6.33. The van der Waals surface area contributed by atoms with Crippen LogP contribution in [0.1, 0.15) is 12.5 Å². The van der Waals surface area contributed by atoms with E-state index in [1.54, 1.807) is 0 Å². The van der Waals surface area contributed by atoms with Crippen LogP contribution in [0.5, 0.6) is 0 Å². The lowest BCUT2D eigenvalue weighted by molar-refractivity contribution is 1.16. The fourth-order valence-corrected chi connectivity index (χ4v) is 2.14. The van der Waals surface area contributed by atoms with Crippen molar-refractivity contribution < 1.29 is 0 Å². The Hall–Kier alpha value is -0.640. The average molecular weight is 283 g/mol. The van der Waals surface area contributed by atoms with Gasteiger partial charge in [0.15, 0.2) is 0 Å². The molecule has 0 saturated heterocycles. The Bertz CT molecular complexity index is 437. The van der Waals surface area contributed by atoms with Gasteiger partial charge in [-0.15, -0.1) is 0 Å². The highest BCUT2D eigenvalue weighted by Gasteiger charge is 2.01. The first-order valence-electron chi connectivity index (χ1n) is 4.34. The van der Waals surface area contributed by atoms with Crippen molar-refractivity contribution in [3.8, 4) is 0 Å². The number of hydrogen-bond donors (Lipinski definition) is 0. The van der Waals surface area contributed by atoms with Gasteiger partial charge in [-0.3, -0.25) is 4.98 Å². The number of hydrogen-bond acceptors (Lipinski definition) is 1. The summed E-state index contributed by atoms with van der Waals surface area (Å²) in [5.74, 6) is 0. The molecule has 0 fully saturated rings. The summed E-state index contributed by atoms with van der Waals surface area (Å²) in [5, 5.41) is 2.60. The Morgan fingerprint density at radius 3 is 2.85 bits per heavy atom. The maximum atomic E-state index is 4.14. The van der Waals surface area contributed by atoms with Crippen LogP contribution in [0.25, 0.3) is 10.8 Å². The minimum atomic E-state index is 1.08. The number of aryl methyl sites for hydroxylation is 1. The average Bonchev–Trinajstić information content (AvgIpc) is 2.19. The van der Waals surface area contributed by atoms with E-state index >= 15 is 0 Å². The van der Waals surface area contributed by atoms with Crippen LogP contribution in [0, 0.1) is 3.57 Å². The third-order valence-corrected chi connectivity index (χ3v) is 3.18. The molecule has 0 unspecified atom stereocenters. The molecule has 66 valence electrons. The molecule has 0 aliphatic carbocycles. The Balaban J connectivity index is 2.84. The van der Waals surface area contributed by atoms with Gasteiger partial charge in [0.25, 0.3) is 0 Å². The highest BCUT2D eigenvalue weighted by molar-refractivity contribution is 14.1. The third kappa shape index (κ3) is 1.55. The Morgan fingerprint density at radius 2 is 2.08 bits per heavy atom. The van der Waals surface area contributed by atoms with Crippen molar-refractivity contribution in [1.29, 1.82) is 0 Å². The summed E-state index contributed by atoms with van der Waals surface area (Å²) in [6.45, 7) is 2.18. The molecular weight excluding hydrogens is 273 g/mol. The van der Waals surface area contributed by atoms with Crippen LogP contribution in [-0.2, 0) is 6.42 Å². The van der Waals surface area contributed by atoms with Crippen molar-refractivity contribution in [2.75, 3.05) is 0 Å². The second-order valence-corrected chi connectivity index (χ2v) is 4.14. The van der Waals surface area contributed by atoms with Gasteiger partial charge in [-0.25, -0.2) is 0 Å². The van der Waals surface area contributed by atoms with Crippen molar-refractivity contribution in [1.82, 2.24) is 4.98 Å². The Morgan fingerprint density at radius 1 is 1.23 bits per heavy atom. The second-order valence-electron chi connectivity index (χ2n) is 2.98. The molecule has 1 nitrogen and oxygen atoms in total. The van der Waals surface area contributed by atoms with E-state index in [1.165, 1.54) is 19.9 Å². The van der Waals surface area contributed by atoms with Crippen molar-refractivity contribution in [3.63, 3.8) is 0 Å². The molecule has 1 aromatic carbocycles. The van der Waals surface area contributed by atoms with E-state index in [0.29, 0.717) is 0 Å². The number of fused-ring (bicyclic) bond motifs is 1. The maximum absolute atomic E-state index is 4.14.